The van der Waals surface area contributed by atoms with Gasteiger partial charge in [0, 0.05) is 43.3 Å². The summed E-state index contributed by atoms with van der Waals surface area (Å²) in [5.74, 6) is -0.720. The molecule has 2 aliphatic rings. The zero-order valence-corrected chi connectivity index (χ0v) is 17.2. The van der Waals surface area contributed by atoms with Gasteiger partial charge in [-0.2, -0.15) is 0 Å². The van der Waals surface area contributed by atoms with Crippen LogP contribution in [0.15, 0.2) is 24.4 Å². The molecule has 1 fully saturated rings. The molecule has 0 amide bonds. The molecule has 5 nitrogen and oxygen atoms in total. The molecular formula is C23H33NO4. The maximum Gasteiger partial charge on any atom is 0.198 e. The molecule has 0 saturated carbocycles. The van der Waals surface area contributed by atoms with E-state index in [2.05, 4.69) is 37.0 Å². The van der Waals surface area contributed by atoms with Crippen LogP contribution in [0.5, 0.6) is 0 Å². The summed E-state index contributed by atoms with van der Waals surface area (Å²) in [6, 6.07) is 6.51. The Morgan fingerprint density at radius 1 is 1.18 bits per heavy atom. The Bertz CT molecular complexity index is 773. The molecule has 1 aromatic carbocycles. The molecule has 4 rings (SSSR count). The van der Waals surface area contributed by atoms with Crippen molar-refractivity contribution in [1.29, 1.82) is 0 Å². The lowest BCUT2D eigenvalue weighted by Crippen LogP contribution is -2.46. The van der Waals surface area contributed by atoms with Crippen LogP contribution in [-0.4, -0.2) is 37.0 Å². The van der Waals surface area contributed by atoms with Crippen molar-refractivity contribution in [2.24, 2.45) is 0 Å². The minimum absolute atomic E-state index is 0.0116. The summed E-state index contributed by atoms with van der Waals surface area (Å²) in [5.41, 5.74) is 3.48. The van der Waals surface area contributed by atoms with Crippen LogP contribution in [0.25, 0.3) is 10.9 Å². The Balaban J connectivity index is 1.54. The second-order valence-electron chi connectivity index (χ2n) is 8.07. The Labute approximate surface area is 167 Å². The number of ether oxygens (including phenoxy) is 4. The molecule has 0 radical (unpaired) electrons. The minimum Gasteiger partial charge on any atom is -0.379 e. The number of H-pyrrole nitrogens is 1. The predicted molar refractivity (Wildman–Crippen MR) is 109 cm³/mol. The number of rotatable bonds is 9. The Hall–Kier alpha value is -1.40. The van der Waals surface area contributed by atoms with Crippen molar-refractivity contribution < 1.29 is 18.9 Å². The zero-order valence-electron chi connectivity index (χ0n) is 17.2. The van der Waals surface area contributed by atoms with Crippen molar-refractivity contribution >= 4 is 10.9 Å². The SMILES string of the molecule is CCCCOC[C@@H]1CC(OCCCC)C[C@@]2(OCc3cc4cc[nH]c4cc32)O1. The fourth-order valence-electron chi connectivity index (χ4n) is 4.29. The molecule has 1 saturated heterocycles. The lowest BCUT2D eigenvalue weighted by Gasteiger charge is -2.42. The van der Waals surface area contributed by atoms with Crippen LogP contribution in [0.3, 0.4) is 0 Å². The van der Waals surface area contributed by atoms with Crippen LogP contribution in [0, 0.1) is 0 Å². The summed E-state index contributed by atoms with van der Waals surface area (Å²) in [6.07, 6.45) is 8.15. The third-order valence-corrected chi connectivity index (χ3v) is 5.82. The second kappa shape index (κ2) is 8.95. The average molecular weight is 388 g/mol. The van der Waals surface area contributed by atoms with Crippen LogP contribution < -0.4 is 0 Å². The van der Waals surface area contributed by atoms with Crippen molar-refractivity contribution in [2.45, 2.75) is 77.0 Å². The molecule has 3 heterocycles. The van der Waals surface area contributed by atoms with Crippen LogP contribution in [0.4, 0.5) is 0 Å². The van der Waals surface area contributed by atoms with E-state index in [4.69, 9.17) is 18.9 Å². The van der Waals surface area contributed by atoms with Crippen molar-refractivity contribution in [3.8, 4) is 0 Å². The zero-order chi connectivity index (χ0) is 19.4. The van der Waals surface area contributed by atoms with Crippen LogP contribution in [0.1, 0.15) is 63.5 Å². The lowest BCUT2D eigenvalue weighted by molar-refractivity contribution is -0.308. The normalized spacial score (nSPS) is 26.9. The molecule has 1 spiro atoms. The van der Waals surface area contributed by atoms with Crippen molar-refractivity contribution in [3.05, 3.63) is 35.5 Å². The molecule has 1 N–H and O–H groups in total. The van der Waals surface area contributed by atoms with E-state index in [0.29, 0.717) is 13.2 Å². The van der Waals surface area contributed by atoms with Gasteiger partial charge in [0.1, 0.15) is 0 Å². The highest BCUT2D eigenvalue weighted by molar-refractivity contribution is 5.81. The van der Waals surface area contributed by atoms with E-state index in [1.807, 2.05) is 6.20 Å². The summed E-state index contributed by atoms with van der Waals surface area (Å²) in [7, 11) is 0. The lowest BCUT2D eigenvalue weighted by atomic mass is 9.91. The van der Waals surface area contributed by atoms with Gasteiger partial charge in [0.15, 0.2) is 5.79 Å². The maximum atomic E-state index is 6.56. The minimum atomic E-state index is -0.720. The third kappa shape index (κ3) is 4.13. The summed E-state index contributed by atoms with van der Waals surface area (Å²) in [5, 5.41) is 1.21. The molecule has 2 aromatic rings. The number of aromatic amines is 1. The van der Waals surface area contributed by atoms with Gasteiger partial charge in [-0.15, -0.1) is 0 Å². The Kier molecular flexibility index (Phi) is 6.36. The quantitative estimate of drug-likeness (QED) is 0.613. The molecule has 1 aromatic heterocycles. The highest BCUT2D eigenvalue weighted by Gasteiger charge is 2.49. The van der Waals surface area contributed by atoms with Crippen molar-refractivity contribution in [2.75, 3.05) is 19.8 Å². The topological polar surface area (TPSA) is 52.7 Å². The van der Waals surface area contributed by atoms with Gasteiger partial charge in [-0.05, 0) is 42.0 Å². The monoisotopic (exact) mass is 387 g/mol. The standard InChI is InChI=1S/C23H33NO4/c1-3-5-9-25-16-20-12-19(26-10-6-4-2)14-23(28-20)21-13-22-17(7-8-24-22)11-18(21)15-27-23/h7-8,11,13,19-20,24H,3-6,9-10,12,14-16H2,1-2H3/t19?,20-,23+/m0/s1. The molecule has 5 heteroatoms. The number of unbranched alkanes of at least 4 members (excludes halogenated alkanes) is 2. The van der Waals surface area contributed by atoms with E-state index in [9.17, 15) is 0 Å². The largest absolute Gasteiger partial charge is 0.379 e. The van der Waals surface area contributed by atoms with Crippen LogP contribution in [0.2, 0.25) is 0 Å². The molecule has 0 aliphatic carbocycles. The fraction of sp³-hybridized carbons (Fsp3) is 0.652. The van der Waals surface area contributed by atoms with Gasteiger partial charge >= 0.3 is 0 Å². The van der Waals surface area contributed by atoms with Gasteiger partial charge in [-0.1, -0.05) is 26.7 Å². The molecule has 28 heavy (non-hydrogen) atoms. The number of hydrogen-bond acceptors (Lipinski definition) is 4. The highest BCUT2D eigenvalue weighted by Crippen LogP contribution is 2.47. The molecule has 3 atom stereocenters. The number of benzene rings is 1. The fourth-order valence-corrected chi connectivity index (χ4v) is 4.29. The summed E-state index contributed by atoms with van der Waals surface area (Å²) in [4.78, 5) is 3.32. The first-order chi connectivity index (χ1) is 13.7. The molecule has 0 bridgehead atoms. The number of aromatic nitrogens is 1. The molecule has 2 aliphatic heterocycles. The van der Waals surface area contributed by atoms with Crippen LogP contribution >= 0.6 is 0 Å². The van der Waals surface area contributed by atoms with Gasteiger partial charge in [-0.3, -0.25) is 0 Å². The summed E-state index contributed by atoms with van der Waals surface area (Å²) >= 11 is 0. The van der Waals surface area contributed by atoms with Gasteiger partial charge in [0.25, 0.3) is 0 Å². The third-order valence-electron chi connectivity index (χ3n) is 5.82. The second-order valence-corrected chi connectivity index (χ2v) is 8.07. The smallest absolute Gasteiger partial charge is 0.198 e. The van der Waals surface area contributed by atoms with Gasteiger partial charge < -0.3 is 23.9 Å². The summed E-state index contributed by atoms with van der Waals surface area (Å²) < 4.78 is 25.0. The maximum absolute atomic E-state index is 6.56. The van der Waals surface area contributed by atoms with Crippen LogP contribution in [-0.2, 0) is 31.3 Å². The molecular weight excluding hydrogens is 354 g/mol. The van der Waals surface area contributed by atoms with E-state index in [1.165, 1.54) is 10.9 Å². The Morgan fingerprint density at radius 3 is 2.89 bits per heavy atom. The number of nitrogens with one attached hydrogen (secondary N) is 1. The van der Waals surface area contributed by atoms with E-state index < -0.39 is 5.79 Å². The average Bonchev–Trinajstić information content (AvgIpc) is 3.29. The number of hydrogen-bond donors (Lipinski definition) is 1. The summed E-state index contributed by atoms with van der Waals surface area (Å²) in [6.45, 7) is 7.13. The predicted octanol–water partition coefficient (Wildman–Crippen LogP) is 5.03. The molecule has 1 unspecified atom stereocenters. The highest BCUT2D eigenvalue weighted by atomic mass is 16.7. The van der Waals surface area contributed by atoms with E-state index in [-0.39, 0.29) is 12.2 Å². The van der Waals surface area contributed by atoms with E-state index in [1.54, 1.807) is 0 Å². The van der Waals surface area contributed by atoms with Crippen molar-refractivity contribution in [3.63, 3.8) is 0 Å². The van der Waals surface area contributed by atoms with Gasteiger partial charge in [0.05, 0.1) is 25.4 Å². The first-order valence-electron chi connectivity index (χ1n) is 10.9. The van der Waals surface area contributed by atoms with E-state index in [0.717, 1.165) is 62.8 Å². The number of fused-ring (bicyclic) bond motifs is 3. The van der Waals surface area contributed by atoms with Gasteiger partial charge in [0.2, 0.25) is 0 Å². The Morgan fingerprint density at radius 2 is 2.04 bits per heavy atom. The van der Waals surface area contributed by atoms with E-state index >= 15 is 0 Å². The van der Waals surface area contributed by atoms with Crippen molar-refractivity contribution in [1.82, 2.24) is 4.98 Å². The first kappa shape index (κ1) is 19.9. The van der Waals surface area contributed by atoms with Gasteiger partial charge in [-0.25, -0.2) is 0 Å². The first-order valence-corrected chi connectivity index (χ1v) is 10.9. The molecule has 154 valence electrons.